The average molecular weight is 249 g/mol. The third-order valence-electron chi connectivity index (χ3n) is 3.08. The summed E-state index contributed by atoms with van der Waals surface area (Å²) < 4.78 is 26.3. The molecule has 1 aliphatic heterocycles. The summed E-state index contributed by atoms with van der Waals surface area (Å²) >= 11 is 0. The van der Waals surface area contributed by atoms with Gasteiger partial charge in [-0.05, 0) is 12.1 Å². The Kier molecular flexibility index (Phi) is 2.36. The van der Waals surface area contributed by atoms with Crippen LogP contribution in [0.4, 0.5) is 14.6 Å². The molecule has 2 aromatic rings. The number of anilines is 1. The Morgan fingerprint density at radius 3 is 2.83 bits per heavy atom. The minimum atomic E-state index is -2.68. The molecule has 1 aliphatic rings. The van der Waals surface area contributed by atoms with Crippen LogP contribution in [0.25, 0.3) is 10.9 Å². The molecule has 0 amide bonds. The van der Waals surface area contributed by atoms with Gasteiger partial charge in [0.1, 0.15) is 11.6 Å². The standard InChI is InChI=1S/C13H11F2N2O/c14-13(15)5-6-17(8-13)12-7-11(18)9-3-1-2-4-10(9)16-12/h1-4H,5-6,8H2,(H,16,18). The highest BCUT2D eigenvalue weighted by Gasteiger charge is 2.39. The fourth-order valence-corrected chi connectivity index (χ4v) is 2.15. The highest BCUT2D eigenvalue weighted by Crippen LogP contribution is 2.33. The van der Waals surface area contributed by atoms with Crippen molar-refractivity contribution in [2.75, 3.05) is 18.0 Å². The van der Waals surface area contributed by atoms with E-state index in [1.165, 1.54) is 4.90 Å². The number of alkyl halides is 2. The largest absolute Gasteiger partial charge is 0.506 e. The molecule has 0 bridgehead atoms. The number of hydrogen-bond donors (Lipinski definition) is 1. The lowest BCUT2D eigenvalue weighted by atomic mass is 10.2. The summed E-state index contributed by atoms with van der Waals surface area (Å²) in [5, 5.41) is 10.4. The molecular weight excluding hydrogens is 238 g/mol. The van der Waals surface area contributed by atoms with Gasteiger partial charge in [-0.1, -0.05) is 12.1 Å². The van der Waals surface area contributed by atoms with Gasteiger partial charge in [-0.3, -0.25) is 0 Å². The first-order valence-corrected chi connectivity index (χ1v) is 5.69. The molecule has 1 aromatic heterocycles. The molecule has 2 heterocycles. The van der Waals surface area contributed by atoms with E-state index in [0.29, 0.717) is 10.9 Å². The number of benzene rings is 1. The average Bonchev–Trinajstić information content (AvgIpc) is 2.70. The molecule has 3 rings (SSSR count). The van der Waals surface area contributed by atoms with E-state index < -0.39 is 5.92 Å². The smallest absolute Gasteiger partial charge is 0.266 e. The van der Waals surface area contributed by atoms with Crippen molar-refractivity contribution in [1.29, 1.82) is 0 Å². The van der Waals surface area contributed by atoms with Crippen LogP contribution in [0.2, 0.25) is 0 Å². The lowest BCUT2D eigenvalue weighted by Crippen LogP contribution is -2.25. The third kappa shape index (κ3) is 1.85. The monoisotopic (exact) mass is 249 g/mol. The normalized spacial score (nSPS) is 18.4. The summed E-state index contributed by atoms with van der Waals surface area (Å²) in [6, 6.07) is 9.69. The topological polar surface area (TPSA) is 36.4 Å². The zero-order chi connectivity index (χ0) is 12.8. The Morgan fingerprint density at radius 1 is 1.33 bits per heavy atom. The molecule has 93 valence electrons. The number of para-hydroxylation sites is 1. The Morgan fingerprint density at radius 2 is 2.11 bits per heavy atom. The second-order valence-electron chi connectivity index (χ2n) is 4.45. The molecule has 0 atom stereocenters. The second-order valence-corrected chi connectivity index (χ2v) is 4.45. The van der Waals surface area contributed by atoms with E-state index in [4.69, 9.17) is 0 Å². The van der Waals surface area contributed by atoms with E-state index in [-0.39, 0.29) is 31.1 Å². The Labute approximate surface area is 103 Å². The molecule has 1 aromatic carbocycles. The van der Waals surface area contributed by atoms with Crippen molar-refractivity contribution in [3.8, 4) is 5.75 Å². The maximum absolute atomic E-state index is 13.1. The molecule has 3 nitrogen and oxygen atoms in total. The lowest BCUT2D eigenvalue weighted by molar-refractivity contribution is 0.0256. The zero-order valence-corrected chi connectivity index (χ0v) is 9.53. The summed E-state index contributed by atoms with van der Waals surface area (Å²) in [7, 11) is 0. The van der Waals surface area contributed by atoms with Crippen molar-refractivity contribution in [2.45, 2.75) is 12.3 Å². The number of aromatic hydroxyl groups is 1. The summed E-state index contributed by atoms with van der Waals surface area (Å²) in [4.78, 5) is 5.71. The molecule has 5 heteroatoms. The van der Waals surface area contributed by atoms with Crippen molar-refractivity contribution in [1.82, 2.24) is 4.98 Å². The van der Waals surface area contributed by atoms with Crippen LogP contribution < -0.4 is 4.90 Å². The van der Waals surface area contributed by atoms with E-state index in [0.717, 1.165) is 0 Å². The number of fused-ring (bicyclic) bond motifs is 1. The molecule has 1 N–H and O–H groups in total. The Hall–Kier alpha value is -1.91. The fourth-order valence-electron chi connectivity index (χ4n) is 2.15. The summed E-state index contributed by atoms with van der Waals surface area (Å²) in [6.45, 7) is -0.136. The van der Waals surface area contributed by atoms with E-state index in [1.807, 2.05) is 0 Å². The zero-order valence-electron chi connectivity index (χ0n) is 9.53. The van der Waals surface area contributed by atoms with Gasteiger partial charge in [0.05, 0.1) is 18.1 Å². The van der Waals surface area contributed by atoms with Gasteiger partial charge in [-0.15, -0.1) is 0 Å². The molecule has 1 fully saturated rings. The van der Waals surface area contributed by atoms with Gasteiger partial charge in [0.25, 0.3) is 5.92 Å². The van der Waals surface area contributed by atoms with Crippen molar-refractivity contribution < 1.29 is 13.9 Å². The molecule has 0 unspecified atom stereocenters. The molecule has 1 saturated heterocycles. The van der Waals surface area contributed by atoms with Gasteiger partial charge in [-0.2, -0.15) is 0 Å². The van der Waals surface area contributed by atoms with Crippen LogP contribution in [-0.4, -0.2) is 29.1 Å². The van der Waals surface area contributed by atoms with Gasteiger partial charge < -0.3 is 10.0 Å². The van der Waals surface area contributed by atoms with E-state index >= 15 is 0 Å². The minimum absolute atomic E-state index is 0.0502. The molecule has 0 aliphatic carbocycles. The van der Waals surface area contributed by atoms with Crippen molar-refractivity contribution in [3.05, 3.63) is 30.3 Å². The number of nitrogens with zero attached hydrogens (tertiary/aromatic N) is 2. The highest BCUT2D eigenvalue weighted by atomic mass is 19.3. The predicted octanol–water partition coefficient (Wildman–Crippen LogP) is 2.59. The van der Waals surface area contributed by atoms with Gasteiger partial charge in [0, 0.05) is 18.4 Å². The Balaban J connectivity index is 2.03. The van der Waals surface area contributed by atoms with Gasteiger partial charge in [0.15, 0.2) is 0 Å². The van der Waals surface area contributed by atoms with Crippen LogP contribution in [0.5, 0.6) is 5.75 Å². The maximum atomic E-state index is 13.1. The minimum Gasteiger partial charge on any atom is -0.506 e. The number of aromatic nitrogens is 1. The fraction of sp³-hybridized carbons (Fsp3) is 0.308. The molecule has 0 spiro atoms. The quantitative estimate of drug-likeness (QED) is 0.843. The highest BCUT2D eigenvalue weighted by molar-refractivity contribution is 5.86. The maximum Gasteiger partial charge on any atom is 0.266 e. The van der Waals surface area contributed by atoms with Crippen LogP contribution >= 0.6 is 0 Å². The molecular formula is C13H11F2N2O. The molecule has 18 heavy (non-hydrogen) atoms. The van der Waals surface area contributed by atoms with Gasteiger partial charge >= 0.3 is 0 Å². The van der Waals surface area contributed by atoms with Gasteiger partial charge in [-0.25, -0.2) is 13.8 Å². The van der Waals surface area contributed by atoms with Crippen LogP contribution in [0.3, 0.4) is 0 Å². The number of halogens is 2. The van der Waals surface area contributed by atoms with Crippen molar-refractivity contribution in [2.24, 2.45) is 0 Å². The van der Waals surface area contributed by atoms with E-state index in [1.54, 1.807) is 24.3 Å². The first kappa shape index (κ1) is 11.2. The number of pyridine rings is 1. The number of hydrogen-bond acceptors (Lipinski definition) is 3. The van der Waals surface area contributed by atoms with Crippen molar-refractivity contribution in [3.63, 3.8) is 0 Å². The third-order valence-corrected chi connectivity index (χ3v) is 3.08. The van der Waals surface area contributed by atoms with Crippen LogP contribution in [0, 0.1) is 6.07 Å². The lowest BCUT2D eigenvalue weighted by Gasteiger charge is -2.17. The first-order chi connectivity index (χ1) is 8.55. The summed E-state index contributed by atoms with van der Waals surface area (Å²) in [6.07, 6.45) is -0.184. The molecule has 0 saturated carbocycles. The van der Waals surface area contributed by atoms with E-state index in [2.05, 4.69) is 11.1 Å². The van der Waals surface area contributed by atoms with Gasteiger partial charge in [0.2, 0.25) is 0 Å². The Bertz CT molecular complexity index is 601. The number of rotatable bonds is 1. The van der Waals surface area contributed by atoms with Crippen LogP contribution in [0.15, 0.2) is 24.3 Å². The first-order valence-electron chi connectivity index (χ1n) is 5.69. The van der Waals surface area contributed by atoms with Crippen molar-refractivity contribution >= 4 is 16.7 Å². The second kappa shape index (κ2) is 3.80. The molecule has 1 radical (unpaired) electrons. The van der Waals surface area contributed by atoms with Crippen LogP contribution in [-0.2, 0) is 0 Å². The predicted molar refractivity (Wildman–Crippen MR) is 64.0 cm³/mol. The van der Waals surface area contributed by atoms with E-state index in [9.17, 15) is 13.9 Å². The SMILES string of the molecule is Oc1[c]c(N2CCC(F)(F)C2)nc2ccccc12. The van der Waals surface area contributed by atoms with Crippen LogP contribution in [0.1, 0.15) is 6.42 Å². The summed E-state index contributed by atoms with van der Waals surface area (Å²) in [5.41, 5.74) is 0.582. The summed E-state index contributed by atoms with van der Waals surface area (Å²) in [5.74, 6) is -2.45.